The van der Waals surface area contributed by atoms with Crippen molar-refractivity contribution in [2.24, 2.45) is 0 Å². The van der Waals surface area contributed by atoms with Crippen molar-refractivity contribution in [2.45, 2.75) is 51.6 Å². The maximum atomic E-state index is 13.5. The van der Waals surface area contributed by atoms with Crippen molar-refractivity contribution in [2.75, 3.05) is 0 Å². The van der Waals surface area contributed by atoms with E-state index in [1.165, 1.54) is 31.4 Å². The minimum absolute atomic E-state index is 0.137. The number of aryl methyl sites for hydroxylation is 1. The fourth-order valence-electron chi connectivity index (χ4n) is 3.16. The number of halogens is 1. The highest BCUT2D eigenvalue weighted by Crippen LogP contribution is 2.22. The van der Waals surface area contributed by atoms with Gasteiger partial charge in [0, 0.05) is 18.2 Å². The number of carbonyl (C=O) groups is 1. The van der Waals surface area contributed by atoms with Gasteiger partial charge in [-0.3, -0.25) is 9.48 Å². The molecule has 1 aliphatic carbocycles. The molecule has 1 aliphatic rings. The Morgan fingerprint density at radius 1 is 1.30 bits per heavy atom. The highest BCUT2D eigenvalue weighted by Gasteiger charge is 2.20. The molecule has 122 valence electrons. The van der Waals surface area contributed by atoms with Gasteiger partial charge in [0.2, 0.25) is 0 Å². The van der Waals surface area contributed by atoms with Crippen molar-refractivity contribution >= 4 is 5.91 Å². The number of nitrogens with one attached hydrogen (secondary N) is 1. The van der Waals surface area contributed by atoms with Gasteiger partial charge in [-0.25, -0.2) is 4.39 Å². The second-order valence-corrected chi connectivity index (χ2v) is 6.05. The molecule has 1 saturated carbocycles. The van der Waals surface area contributed by atoms with E-state index in [1.807, 2.05) is 13.0 Å². The van der Waals surface area contributed by atoms with Crippen molar-refractivity contribution in [3.8, 4) is 11.3 Å². The van der Waals surface area contributed by atoms with E-state index in [4.69, 9.17) is 0 Å². The van der Waals surface area contributed by atoms with E-state index in [-0.39, 0.29) is 17.8 Å². The lowest BCUT2D eigenvalue weighted by molar-refractivity contribution is 0.0922. The Bertz CT molecular complexity index is 689. The molecule has 0 atom stereocenters. The van der Waals surface area contributed by atoms with E-state index in [0.717, 1.165) is 24.1 Å². The van der Waals surface area contributed by atoms with Gasteiger partial charge < -0.3 is 5.32 Å². The zero-order valence-corrected chi connectivity index (χ0v) is 13.4. The van der Waals surface area contributed by atoms with E-state index >= 15 is 0 Å². The molecule has 1 N–H and O–H groups in total. The van der Waals surface area contributed by atoms with Crippen LogP contribution >= 0.6 is 0 Å². The normalized spacial score (nSPS) is 15.6. The molecule has 0 radical (unpaired) electrons. The third-order valence-electron chi connectivity index (χ3n) is 4.37. The van der Waals surface area contributed by atoms with Crippen molar-refractivity contribution in [1.82, 2.24) is 15.1 Å². The van der Waals surface area contributed by atoms with Crippen LogP contribution in [-0.2, 0) is 6.54 Å². The smallest absolute Gasteiger partial charge is 0.272 e. The highest BCUT2D eigenvalue weighted by molar-refractivity contribution is 5.93. The van der Waals surface area contributed by atoms with Crippen LogP contribution in [0.3, 0.4) is 0 Å². The van der Waals surface area contributed by atoms with Gasteiger partial charge in [-0.1, -0.05) is 31.4 Å². The molecule has 0 spiro atoms. The van der Waals surface area contributed by atoms with Crippen LogP contribution in [-0.4, -0.2) is 21.7 Å². The molecule has 1 fully saturated rings. The summed E-state index contributed by atoms with van der Waals surface area (Å²) in [5, 5.41) is 7.46. The predicted octanol–water partition coefficient (Wildman–Crippen LogP) is 3.77. The van der Waals surface area contributed by atoms with E-state index in [2.05, 4.69) is 10.4 Å². The van der Waals surface area contributed by atoms with Crippen molar-refractivity contribution in [3.63, 3.8) is 0 Å². The third-order valence-corrected chi connectivity index (χ3v) is 4.37. The van der Waals surface area contributed by atoms with E-state index in [1.54, 1.807) is 16.8 Å². The molecule has 1 amide bonds. The fraction of sp³-hybridized carbons (Fsp3) is 0.444. The van der Waals surface area contributed by atoms with Crippen LogP contribution < -0.4 is 5.32 Å². The summed E-state index contributed by atoms with van der Waals surface area (Å²) in [6, 6.07) is 8.37. The van der Waals surface area contributed by atoms with Gasteiger partial charge in [-0.05, 0) is 38.0 Å². The summed E-state index contributed by atoms with van der Waals surface area (Å²) >= 11 is 0. The Kier molecular flexibility index (Phi) is 4.74. The Balaban J connectivity index is 1.82. The molecule has 0 saturated heterocycles. The van der Waals surface area contributed by atoms with Crippen LogP contribution in [0.15, 0.2) is 30.3 Å². The summed E-state index contributed by atoms with van der Waals surface area (Å²) in [5.74, 6) is -0.429. The molecule has 0 aliphatic heterocycles. The van der Waals surface area contributed by atoms with Crippen LogP contribution in [0, 0.1) is 5.82 Å². The molecule has 1 aromatic carbocycles. The van der Waals surface area contributed by atoms with Crippen LogP contribution in [0.25, 0.3) is 11.3 Å². The minimum Gasteiger partial charge on any atom is -0.348 e. The zero-order valence-electron chi connectivity index (χ0n) is 13.4. The maximum absolute atomic E-state index is 13.5. The average molecular weight is 315 g/mol. The van der Waals surface area contributed by atoms with Crippen LogP contribution in [0.5, 0.6) is 0 Å². The van der Waals surface area contributed by atoms with Crippen LogP contribution in [0.4, 0.5) is 4.39 Å². The first-order valence-electron chi connectivity index (χ1n) is 8.32. The van der Waals surface area contributed by atoms with Gasteiger partial charge in [-0.2, -0.15) is 5.10 Å². The van der Waals surface area contributed by atoms with Gasteiger partial charge in [0.1, 0.15) is 5.82 Å². The second-order valence-electron chi connectivity index (χ2n) is 6.05. The summed E-state index contributed by atoms with van der Waals surface area (Å²) < 4.78 is 15.2. The van der Waals surface area contributed by atoms with Gasteiger partial charge in [0.15, 0.2) is 5.69 Å². The first-order valence-corrected chi connectivity index (χ1v) is 8.32. The fourth-order valence-corrected chi connectivity index (χ4v) is 3.16. The SMILES string of the molecule is CCn1nc(C(=O)NC2CCCCC2)cc1-c1cccc(F)c1. The standard InChI is InChI=1S/C18H22FN3O/c1-2-22-17(13-7-6-8-14(19)11-13)12-16(21-22)18(23)20-15-9-4-3-5-10-15/h6-8,11-12,15H,2-5,9-10H2,1H3,(H,20,23). The van der Waals surface area contributed by atoms with E-state index in [9.17, 15) is 9.18 Å². The quantitative estimate of drug-likeness (QED) is 0.933. The van der Waals surface area contributed by atoms with Crippen molar-refractivity contribution in [3.05, 3.63) is 41.8 Å². The number of hydrogen-bond donors (Lipinski definition) is 1. The summed E-state index contributed by atoms with van der Waals surface area (Å²) in [6.45, 7) is 2.58. The largest absolute Gasteiger partial charge is 0.348 e. The lowest BCUT2D eigenvalue weighted by Crippen LogP contribution is -2.36. The molecule has 23 heavy (non-hydrogen) atoms. The average Bonchev–Trinajstić information content (AvgIpc) is 3.00. The van der Waals surface area contributed by atoms with Gasteiger partial charge in [0.05, 0.1) is 5.69 Å². The van der Waals surface area contributed by atoms with Crippen LogP contribution in [0.1, 0.15) is 49.5 Å². The number of carbonyl (C=O) groups excluding carboxylic acids is 1. The zero-order chi connectivity index (χ0) is 16.2. The number of nitrogens with zero attached hydrogens (tertiary/aromatic N) is 2. The first-order chi connectivity index (χ1) is 11.2. The Hall–Kier alpha value is -2.17. The topological polar surface area (TPSA) is 46.9 Å². The molecule has 3 rings (SSSR count). The Labute approximate surface area is 135 Å². The molecular formula is C18H22FN3O. The minimum atomic E-state index is -0.292. The lowest BCUT2D eigenvalue weighted by Gasteiger charge is -2.22. The summed E-state index contributed by atoms with van der Waals surface area (Å²) in [4.78, 5) is 12.4. The van der Waals surface area contributed by atoms with Gasteiger partial charge >= 0.3 is 0 Å². The summed E-state index contributed by atoms with van der Waals surface area (Å²) in [5.41, 5.74) is 1.90. The summed E-state index contributed by atoms with van der Waals surface area (Å²) in [6.07, 6.45) is 5.67. The highest BCUT2D eigenvalue weighted by atomic mass is 19.1. The molecular weight excluding hydrogens is 293 g/mol. The maximum Gasteiger partial charge on any atom is 0.272 e. The predicted molar refractivity (Wildman–Crippen MR) is 87.6 cm³/mol. The molecule has 5 heteroatoms. The molecule has 0 bridgehead atoms. The van der Waals surface area contributed by atoms with Crippen molar-refractivity contribution in [1.29, 1.82) is 0 Å². The summed E-state index contributed by atoms with van der Waals surface area (Å²) in [7, 11) is 0. The number of amides is 1. The number of benzene rings is 1. The van der Waals surface area contributed by atoms with Crippen LogP contribution in [0.2, 0.25) is 0 Å². The molecule has 2 aromatic rings. The third kappa shape index (κ3) is 3.60. The number of hydrogen-bond acceptors (Lipinski definition) is 2. The molecule has 0 unspecified atom stereocenters. The van der Waals surface area contributed by atoms with Crippen molar-refractivity contribution < 1.29 is 9.18 Å². The Morgan fingerprint density at radius 2 is 2.09 bits per heavy atom. The van der Waals surface area contributed by atoms with Gasteiger partial charge in [-0.15, -0.1) is 0 Å². The lowest BCUT2D eigenvalue weighted by atomic mass is 9.95. The molecule has 4 nitrogen and oxygen atoms in total. The molecule has 1 aromatic heterocycles. The monoisotopic (exact) mass is 315 g/mol. The number of rotatable bonds is 4. The van der Waals surface area contributed by atoms with E-state index in [0.29, 0.717) is 12.2 Å². The number of aromatic nitrogens is 2. The Morgan fingerprint density at radius 3 is 2.78 bits per heavy atom. The second kappa shape index (κ2) is 6.94. The first kappa shape index (κ1) is 15.7. The van der Waals surface area contributed by atoms with E-state index < -0.39 is 0 Å². The van der Waals surface area contributed by atoms with Gasteiger partial charge in [0.25, 0.3) is 5.91 Å². The molecule has 1 heterocycles.